The van der Waals surface area contributed by atoms with E-state index in [0.29, 0.717) is 0 Å². The molecule has 0 radical (unpaired) electrons. The second-order valence-electron chi connectivity index (χ2n) is 3.92. The van der Waals surface area contributed by atoms with Gasteiger partial charge >= 0.3 is 0 Å². The van der Waals surface area contributed by atoms with Crippen molar-refractivity contribution in [2.75, 3.05) is 7.11 Å². The summed E-state index contributed by atoms with van der Waals surface area (Å²) in [5, 5.41) is 0. The van der Waals surface area contributed by atoms with Crippen molar-refractivity contribution in [3.63, 3.8) is 0 Å². The number of methoxy groups -OCH3 is 1. The van der Waals surface area contributed by atoms with Crippen molar-refractivity contribution in [2.45, 2.75) is 4.83 Å². The Bertz CT molecular complexity index is 601. The van der Waals surface area contributed by atoms with E-state index >= 15 is 0 Å². The molecule has 0 aromatic heterocycles. The summed E-state index contributed by atoms with van der Waals surface area (Å²) in [7, 11) is 1.67. The summed E-state index contributed by atoms with van der Waals surface area (Å²) in [6, 6.07) is 12.3. The first-order chi connectivity index (χ1) is 9.02. The standard InChI is InChI=1S/C14H10Br3IO/c1-19-9-3-4-10(12(16)7-9)14(17)11-6-8(15)2-5-13(11)18/h2-7,14H,1H3. The smallest absolute Gasteiger partial charge is 0.120 e. The first kappa shape index (κ1) is 15.8. The minimum Gasteiger partial charge on any atom is -0.497 e. The Balaban J connectivity index is 2.43. The summed E-state index contributed by atoms with van der Waals surface area (Å²) in [5.74, 6) is 0.847. The van der Waals surface area contributed by atoms with E-state index in [0.717, 1.165) is 14.7 Å². The van der Waals surface area contributed by atoms with Gasteiger partial charge in [0, 0.05) is 12.5 Å². The van der Waals surface area contributed by atoms with Crippen LogP contribution in [0.4, 0.5) is 0 Å². The molecule has 1 nitrogen and oxygen atoms in total. The molecule has 100 valence electrons. The van der Waals surface area contributed by atoms with E-state index in [9.17, 15) is 0 Å². The van der Waals surface area contributed by atoms with Gasteiger partial charge in [0.15, 0.2) is 0 Å². The third kappa shape index (κ3) is 3.74. The number of benzene rings is 2. The van der Waals surface area contributed by atoms with Crippen LogP contribution in [0.15, 0.2) is 45.3 Å². The van der Waals surface area contributed by atoms with Gasteiger partial charge in [-0.25, -0.2) is 0 Å². The number of hydrogen-bond donors (Lipinski definition) is 0. The molecule has 2 aromatic carbocycles. The number of alkyl halides is 1. The second kappa shape index (κ2) is 6.91. The van der Waals surface area contributed by atoms with Gasteiger partial charge in [-0.3, -0.25) is 0 Å². The Labute approximate surface area is 151 Å². The first-order valence-electron chi connectivity index (χ1n) is 5.45. The Morgan fingerprint density at radius 2 is 1.79 bits per heavy atom. The fraction of sp³-hybridized carbons (Fsp3) is 0.143. The largest absolute Gasteiger partial charge is 0.497 e. The normalized spacial score (nSPS) is 12.3. The molecule has 0 saturated carbocycles. The van der Waals surface area contributed by atoms with E-state index in [4.69, 9.17) is 4.74 Å². The fourth-order valence-corrected chi connectivity index (χ4v) is 4.84. The average Bonchev–Trinajstić information content (AvgIpc) is 2.40. The number of halogens is 4. The number of ether oxygens (including phenoxy) is 1. The lowest BCUT2D eigenvalue weighted by Crippen LogP contribution is -1.97. The van der Waals surface area contributed by atoms with Crippen molar-refractivity contribution in [1.29, 1.82) is 0 Å². The predicted octanol–water partition coefficient (Wildman–Crippen LogP) is 6.31. The Morgan fingerprint density at radius 3 is 2.42 bits per heavy atom. The van der Waals surface area contributed by atoms with Crippen LogP contribution in [0, 0.1) is 3.57 Å². The zero-order valence-corrected chi connectivity index (χ0v) is 16.9. The van der Waals surface area contributed by atoms with Gasteiger partial charge in [0.25, 0.3) is 0 Å². The fourth-order valence-electron chi connectivity index (χ4n) is 1.72. The van der Waals surface area contributed by atoms with E-state index in [1.165, 1.54) is 14.7 Å². The minimum absolute atomic E-state index is 0.136. The van der Waals surface area contributed by atoms with Crippen LogP contribution in [0.2, 0.25) is 0 Å². The van der Waals surface area contributed by atoms with Gasteiger partial charge in [-0.15, -0.1) is 0 Å². The van der Waals surface area contributed by atoms with Crippen molar-refractivity contribution in [3.8, 4) is 5.75 Å². The highest BCUT2D eigenvalue weighted by molar-refractivity contribution is 14.1. The summed E-state index contributed by atoms with van der Waals surface area (Å²) in [5.41, 5.74) is 2.41. The first-order valence-corrected chi connectivity index (χ1v) is 9.03. The molecule has 19 heavy (non-hydrogen) atoms. The molecule has 0 amide bonds. The molecular weight excluding hydrogens is 551 g/mol. The number of rotatable bonds is 3. The molecule has 0 spiro atoms. The topological polar surface area (TPSA) is 9.23 Å². The van der Waals surface area contributed by atoms with Gasteiger partial charge in [-0.2, -0.15) is 0 Å². The highest BCUT2D eigenvalue weighted by Gasteiger charge is 2.17. The summed E-state index contributed by atoms with van der Waals surface area (Å²) in [6.45, 7) is 0. The van der Waals surface area contributed by atoms with Gasteiger partial charge in [0.05, 0.1) is 11.9 Å². The zero-order valence-electron chi connectivity index (χ0n) is 9.96. The zero-order chi connectivity index (χ0) is 14.0. The van der Waals surface area contributed by atoms with Crippen LogP contribution in [-0.2, 0) is 0 Å². The summed E-state index contributed by atoms with van der Waals surface area (Å²) in [6.07, 6.45) is 0. The lowest BCUT2D eigenvalue weighted by Gasteiger charge is -2.15. The monoisotopic (exact) mass is 558 g/mol. The SMILES string of the molecule is COc1ccc(C(Br)c2cc(Br)ccc2I)c(Br)c1. The molecule has 5 heteroatoms. The predicted molar refractivity (Wildman–Crippen MR) is 98.3 cm³/mol. The summed E-state index contributed by atoms with van der Waals surface area (Å²) < 4.78 is 8.56. The van der Waals surface area contributed by atoms with E-state index in [2.05, 4.69) is 88.6 Å². The van der Waals surface area contributed by atoms with Gasteiger partial charge < -0.3 is 4.74 Å². The number of hydrogen-bond acceptors (Lipinski definition) is 1. The molecule has 1 unspecified atom stereocenters. The van der Waals surface area contributed by atoms with Crippen LogP contribution in [0.3, 0.4) is 0 Å². The molecule has 1 atom stereocenters. The van der Waals surface area contributed by atoms with Crippen LogP contribution < -0.4 is 4.74 Å². The van der Waals surface area contributed by atoms with Crippen LogP contribution in [0.25, 0.3) is 0 Å². The second-order valence-corrected chi connectivity index (χ2v) is 7.76. The molecule has 0 aliphatic rings. The van der Waals surface area contributed by atoms with E-state index in [1.807, 2.05) is 18.2 Å². The Kier molecular flexibility index (Phi) is 5.75. The van der Waals surface area contributed by atoms with Crippen molar-refractivity contribution < 1.29 is 4.74 Å². The molecule has 2 rings (SSSR count). The van der Waals surface area contributed by atoms with Crippen molar-refractivity contribution in [3.05, 3.63) is 60.0 Å². The van der Waals surface area contributed by atoms with Crippen molar-refractivity contribution >= 4 is 70.4 Å². The van der Waals surface area contributed by atoms with E-state index < -0.39 is 0 Å². The lowest BCUT2D eigenvalue weighted by atomic mass is 10.0. The van der Waals surface area contributed by atoms with E-state index in [1.54, 1.807) is 7.11 Å². The minimum atomic E-state index is 0.136. The van der Waals surface area contributed by atoms with E-state index in [-0.39, 0.29) is 4.83 Å². The van der Waals surface area contributed by atoms with Gasteiger partial charge in [-0.05, 0) is 64.0 Å². The molecule has 0 fully saturated rings. The highest BCUT2D eigenvalue weighted by atomic mass is 127. The molecule has 2 aromatic rings. The Hall–Kier alpha value is 0.410. The van der Waals surface area contributed by atoms with Crippen LogP contribution in [-0.4, -0.2) is 7.11 Å². The van der Waals surface area contributed by atoms with Gasteiger partial charge in [0.2, 0.25) is 0 Å². The van der Waals surface area contributed by atoms with Gasteiger partial charge in [-0.1, -0.05) is 53.9 Å². The third-order valence-corrected chi connectivity index (χ3v) is 5.86. The quantitative estimate of drug-likeness (QED) is 0.316. The Morgan fingerprint density at radius 1 is 1.05 bits per heavy atom. The summed E-state index contributed by atoms with van der Waals surface area (Å²) >= 11 is 13.3. The van der Waals surface area contributed by atoms with Crippen molar-refractivity contribution in [2.24, 2.45) is 0 Å². The van der Waals surface area contributed by atoms with Crippen LogP contribution >= 0.6 is 70.4 Å². The average molecular weight is 561 g/mol. The molecule has 0 bridgehead atoms. The molecule has 0 heterocycles. The van der Waals surface area contributed by atoms with Crippen LogP contribution in [0.1, 0.15) is 16.0 Å². The van der Waals surface area contributed by atoms with Crippen molar-refractivity contribution in [1.82, 2.24) is 0 Å². The highest BCUT2D eigenvalue weighted by Crippen LogP contribution is 2.39. The summed E-state index contributed by atoms with van der Waals surface area (Å²) in [4.78, 5) is 0.136. The maximum absolute atomic E-state index is 5.22. The molecule has 0 N–H and O–H groups in total. The third-order valence-electron chi connectivity index (χ3n) is 2.71. The maximum Gasteiger partial charge on any atom is 0.120 e. The molecule has 0 saturated heterocycles. The molecular formula is C14H10Br3IO. The van der Waals surface area contributed by atoms with Crippen LogP contribution in [0.5, 0.6) is 5.75 Å². The van der Waals surface area contributed by atoms with Gasteiger partial charge in [0.1, 0.15) is 5.75 Å². The maximum atomic E-state index is 5.22. The molecule has 0 aliphatic carbocycles. The molecule has 0 aliphatic heterocycles. The lowest BCUT2D eigenvalue weighted by molar-refractivity contribution is 0.414.